The fourth-order valence-electron chi connectivity index (χ4n) is 1.44. The van der Waals surface area contributed by atoms with E-state index in [0.717, 1.165) is 0 Å². The SMILES string of the molecule is COC(=O)c1cc(N=C=S)c(C(=O)OC)c(OC)c1. The molecule has 0 saturated heterocycles. The van der Waals surface area contributed by atoms with Crippen LogP contribution in [0, 0.1) is 0 Å². The van der Waals surface area contributed by atoms with Crippen molar-refractivity contribution in [3.05, 3.63) is 23.3 Å². The number of esters is 2. The topological polar surface area (TPSA) is 74.2 Å². The lowest BCUT2D eigenvalue weighted by Crippen LogP contribution is -2.08. The number of isothiocyanates is 1. The molecule has 0 heterocycles. The molecule has 7 heteroatoms. The molecule has 19 heavy (non-hydrogen) atoms. The van der Waals surface area contributed by atoms with Gasteiger partial charge in [-0.25, -0.2) is 9.59 Å². The van der Waals surface area contributed by atoms with Crippen molar-refractivity contribution in [2.75, 3.05) is 21.3 Å². The molecule has 0 aliphatic carbocycles. The summed E-state index contributed by atoms with van der Waals surface area (Å²) in [4.78, 5) is 26.9. The van der Waals surface area contributed by atoms with E-state index >= 15 is 0 Å². The van der Waals surface area contributed by atoms with Crippen molar-refractivity contribution in [2.45, 2.75) is 0 Å². The molecule has 1 rings (SSSR count). The molecule has 1 aromatic carbocycles. The zero-order valence-electron chi connectivity index (χ0n) is 10.6. The van der Waals surface area contributed by atoms with Gasteiger partial charge in [0, 0.05) is 0 Å². The van der Waals surface area contributed by atoms with Gasteiger partial charge in [0.25, 0.3) is 0 Å². The molecule has 0 saturated carbocycles. The molecule has 0 aliphatic rings. The van der Waals surface area contributed by atoms with Gasteiger partial charge in [-0.05, 0) is 24.4 Å². The summed E-state index contributed by atoms with van der Waals surface area (Å²) >= 11 is 4.51. The van der Waals surface area contributed by atoms with E-state index in [-0.39, 0.29) is 22.6 Å². The number of hydrogen-bond donors (Lipinski definition) is 0. The van der Waals surface area contributed by atoms with Gasteiger partial charge >= 0.3 is 11.9 Å². The minimum Gasteiger partial charge on any atom is -0.496 e. The fraction of sp³-hybridized carbons (Fsp3) is 0.250. The van der Waals surface area contributed by atoms with Crippen LogP contribution in [0.1, 0.15) is 20.7 Å². The number of nitrogens with zero attached hydrogens (tertiary/aromatic N) is 1. The Bertz CT molecular complexity index is 563. The highest BCUT2D eigenvalue weighted by Gasteiger charge is 2.21. The van der Waals surface area contributed by atoms with Gasteiger partial charge in [0.1, 0.15) is 11.3 Å². The normalized spacial score (nSPS) is 9.21. The van der Waals surface area contributed by atoms with Crippen molar-refractivity contribution < 1.29 is 23.8 Å². The smallest absolute Gasteiger partial charge is 0.343 e. The lowest BCUT2D eigenvalue weighted by atomic mass is 10.1. The number of aliphatic imine (C=N–C) groups is 1. The first-order valence-corrected chi connectivity index (χ1v) is 5.46. The summed E-state index contributed by atoms with van der Waals surface area (Å²) in [6.45, 7) is 0. The van der Waals surface area contributed by atoms with Crippen LogP contribution in [0.5, 0.6) is 5.75 Å². The van der Waals surface area contributed by atoms with Gasteiger partial charge in [-0.1, -0.05) is 0 Å². The molecule has 0 fully saturated rings. The van der Waals surface area contributed by atoms with Crippen LogP contribution in [-0.4, -0.2) is 38.4 Å². The minimum atomic E-state index is -0.655. The molecule has 0 unspecified atom stereocenters. The van der Waals surface area contributed by atoms with E-state index in [9.17, 15) is 9.59 Å². The predicted octanol–water partition coefficient (Wildman–Crippen LogP) is 2.00. The highest BCUT2D eigenvalue weighted by molar-refractivity contribution is 7.78. The Morgan fingerprint density at radius 2 is 1.79 bits per heavy atom. The van der Waals surface area contributed by atoms with E-state index < -0.39 is 11.9 Å². The molecule has 0 spiro atoms. The summed E-state index contributed by atoms with van der Waals surface area (Å²) in [5.74, 6) is -1.11. The van der Waals surface area contributed by atoms with E-state index in [2.05, 4.69) is 31.8 Å². The third kappa shape index (κ3) is 3.15. The Morgan fingerprint density at radius 3 is 2.26 bits per heavy atom. The molecule has 1 aromatic rings. The van der Waals surface area contributed by atoms with Gasteiger partial charge in [0.2, 0.25) is 0 Å². The van der Waals surface area contributed by atoms with Crippen LogP contribution in [0.2, 0.25) is 0 Å². The Kier molecular flexibility index (Phi) is 5.17. The summed E-state index contributed by atoms with van der Waals surface area (Å²) in [6.07, 6.45) is 0. The van der Waals surface area contributed by atoms with Crippen LogP contribution < -0.4 is 4.74 Å². The van der Waals surface area contributed by atoms with E-state index in [1.54, 1.807) is 0 Å². The quantitative estimate of drug-likeness (QED) is 0.477. The first-order chi connectivity index (χ1) is 9.08. The van der Waals surface area contributed by atoms with Gasteiger partial charge in [-0.3, -0.25) is 0 Å². The van der Waals surface area contributed by atoms with Gasteiger partial charge in [0.05, 0.1) is 37.7 Å². The Morgan fingerprint density at radius 1 is 1.16 bits per heavy atom. The van der Waals surface area contributed by atoms with Crippen molar-refractivity contribution in [3.8, 4) is 5.75 Å². The summed E-state index contributed by atoms with van der Waals surface area (Å²) in [5, 5.41) is 2.13. The monoisotopic (exact) mass is 281 g/mol. The average Bonchev–Trinajstić information content (AvgIpc) is 2.44. The van der Waals surface area contributed by atoms with Gasteiger partial charge in [-0.15, -0.1) is 0 Å². The first kappa shape index (κ1) is 14.8. The lowest BCUT2D eigenvalue weighted by molar-refractivity contribution is 0.0584. The van der Waals surface area contributed by atoms with Crippen molar-refractivity contribution in [1.29, 1.82) is 0 Å². The van der Waals surface area contributed by atoms with Crippen molar-refractivity contribution in [1.82, 2.24) is 0 Å². The Balaban J connectivity index is 3.57. The Hall–Kier alpha value is -2.24. The van der Waals surface area contributed by atoms with Gasteiger partial charge in [0.15, 0.2) is 0 Å². The maximum atomic E-state index is 11.7. The van der Waals surface area contributed by atoms with Gasteiger partial charge < -0.3 is 14.2 Å². The number of methoxy groups -OCH3 is 3. The third-order valence-electron chi connectivity index (χ3n) is 2.28. The molecule has 6 nitrogen and oxygen atoms in total. The molecule has 100 valence electrons. The van der Waals surface area contributed by atoms with Crippen molar-refractivity contribution in [2.24, 2.45) is 4.99 Å². The van der Waals surface area contributed by atoms with Crippen LogP contribution in [0.25, 0.3) is 0 Å². The maximum Gasteiger partial charge on any atom is 0.343 e. The van der Waals surface area contributed by atoms with Crippen molar-refractivity contribution >= 4 is 35.0 Å². The number of carbonyl (C=O) groups is 2. The molecule has 0 N–H and O–H groups in total. The lowest BCUT2D eigenvalue weighted by Gasteiger charge is -2.10. The molecule has 0 bridgehead atoms. The van der Waals surface area contributed by atoms with E-state index in [0.29, 0.717) is 0 Å². The molecule has 0 amide bonds. The molecule has 0 aliphatic heterocycles. The number of ether oxygens (including phenoxy) is 3. The molecule has 0 atom stereocenters. The maximum absolute atomic E-state index is 11.7. The summed E-state index contributed by atoms with van der Waals surface area (Å²) in [7, 11) is 3.82. The van der Waals surface area contributed by atoms with E-state index in [4.69, 9.17) is 4.74 Å². The zero-order chi connectivity index (χ0) is 14.4. The number of hydrogen-bond acceptors (Lipinski definition) is 7. The summed E-state index contributed by atoms with van der Waals surface area (Å²) < 4.78 is 14.3. The number of benzene rings is 1. The van der Waals surface area contributed by atoms with E-state index in [1.807, 2.05) is 0 Å². The minimum absolute atomic E-state index is 0.0648. The second-order valence-electron chi connectivity index (χ2n) is 3.26. The highest BCUT2D eigenvalue weighted by Crippen LogP contribution is 2.31. The highest BCUT2D eigenvalue weighted by atomic mass is 32.1. The molecular formula is C12H11NO5S. The second kappa shape index (κ2) is 6.63. The Labute approximate surface area is 115 Å². The first-order valence-electron chi connectivity index (χ1n) is 5.05. The standard InChI is InChI=1S/C12H11NO5S/c1-16-9-5-7(11(14)17-2)4-8(13-6-19)10(9)12(15)18-3/h4-5H,1-3H3. The fourth-order valence-corrected chi connectivity index (χ4v) is 1.54. The van der Waals surface area contributed by atoms with Crippen LogP contribution in [0.4, 0.5) is 5.69 Å². The third-order valence-corrected chi connectivity index (χ3v) is 2.37. The van der Waals surface area contributed by atoms with Crippen molar-refractivity contribution in [3.63, 3.8) is 0 Å². The largest absolute Gasteiger partial charge is 0.496 e. The van der Waals surface area contributed by atoms with Gasteiger partial charge in [-0.2, -0.15) is 4.99 Å². The number of carbonyl (C=O) groups excluding carboxylic acids is 2. The van der Waals surface area contributed by atoms with Crippen LogP contribution in [-0.2, 0) is 9.47 Å². The van der Waals surface area contributed by atoms with Crippen LogP contribution in [0.15, 0.2) is 17.1 Å². The summed E-state index contributed by atoms with van der Waals surface area (Å²) in [6, 6.07) is 2.71. The number of rotatable bonds is 4. The molecule has 0 radical (unpaired) electrons. The average molecular weight is 281 g/mol. The molecule has 0 aromatic heterocycles. The van der Waals surface area contributed by atoms with Crippen LogP contribution in [0.3, 0.4) is 0 Å². The predicted molar refractivity (Wildman–Crippen MR) is 70.4 cm³/mol. The summed E-state index contributed by atoms with van der Waals surface area (Å²) in [5.41, 5.74) is 0.368. The van der Waals surface area contributed by atoms with E-state index in [1.165, 1.54) is 33.5 Å². The zero-order valence-corrected chi connectivity index (χ0v) is 11.4. The molecular weight excluding hydrogens is 270 g/mol. The number of thiocarbonyl (C=S) groups is 1. The second-order valence-corrected chi connectivity index (χ2v) is 3.44. The van der Waals surface area contributed by atoms with Crippen LogP contribution >= 0.6 is 12.2 Å².